The van der Waals surface area contributed by atoms with E-state index in [1.165, 1.54) is 11.1 Å². The van der Waals surface area contributed by atoms with Crippen LogP contribution < -0.4 is 15.4 Å². The van der Waals surface area contributed by atoms with E-state index in [1.807, 2.05) is 42.5 Å². The zero-order chi connectivity index (χ0) is 20.0. The first-order chi connectivity index (χ1) is 14.1. The Morgan fingerprint density at radius 3 is 2.24 bits per heavy atom. The largest absolute Gasteiger partial charge is 0.422 e. The van der Waals surface area contributed by atoms with Crippen molar-refractivity contribution in [2.45, 2.75) is 20.4 Å². The molecule has 0 saturated heterocycles. The third-order valence-corrected chi connectivity index (χ3v) is 5.64. The van der Waals surface area contributed by atoms with Crippen LogP contribution in [0.25, 0.3) is 11.0 Å². The molecule has 0 N–H and O–H groups in total. The molecular weight excluding hydrogens is 360 g/mol. The first kappa shape index (κ1) is 17.6. The average molecular weight is 382 g/mol. The summed E-state index contributed by atoms with van der Waals surface area (Å²) in [5.41, 5.74) is 6.61. The first-order valence-electron chi connectivity index (χ1n) is 9.82. The Kier molecular flexibility index (Phi) is 4.13. The number of hydrogen-bond donors (Lipinski definition) is 0. The molecule has 4 nitrogen and oxygen atoms in total. The zero-order valence-electron chi connectivity index (χ0n) is 16.6. The Morgan fingerprint density at radius 2 is 1.48 bits per heavy atom. The molecule has 2 heterocycles. The van der Waals surface area contributed by atoms with Gasteiger partial charge in [0.2, 0.25) is 0 Å². The van der Waals surface area contributed by atoms with Gasteiger partial charge >= 0.3 is 5.63 Å². The van der Waals surface area contributed by atoms with Crippen molar-refractivity contribution in [2.75, 3.05) is 16.5 Å². The van der Waals surface area contributed by atoms with Crippen LogP contribution in [-0.4, -0.2) is 6.67 Å². The van der Waals surface area contributed by atoms with Gasteiger partial charge in [-0.25, -0.2) is 4.79 Å². The number of fused-ring (bicyclic) bond motifs is 3. The Hall–Kier alpha value is -3.53. The lowest BCUT2D eigenvalue weighted by Gasteiger charge is -2.40. The fourth-order valence-electron chi connectivity index (χ4n) is 4.33. The molecule has 0 spiro atoms. The summed E-state index contributed by atoms with van der Waals surface area (Å²) in [4.78, 5) is 17.5. The van der Waals surface area contributed by atoms with Crippen LogP contribution in [0.2, 0.25) is 0 Å². The van der Waals surface area contributed by atoms with Crippen LogP contribution in [0.4, 0.5) is 17.1 Å². The predicted molar refractivity (Wildman–Crippen MR) is 118 cm³/mol. The van der Waals surface area contributed by atoms with Gasteiger partial charge in [0.25, 0.3) is 0 Å². The standard InChI is InChI=1S/C25H22N2O2/c1-17-9-8-10-18(2)23(17)27-16-26(19-11-4-3-5-12-19)15-21-24(27)20-13-6-7-14-22(20)29-25(21)28/h3-14H,15-16H2,1-2H3. The lowest BCUT2D eigenvalue weighted by molar-refractivity contribution is 0.543. The molecule has 0 radical (unpaired) electrons. The normalized spacial score (nSPS) is 13.6. The maximum atomic E-state index is 13.0. The summed E-state index contributed by atoms with van der Waals surface area (Å²) in [5.74, 6) is 0. The Morgan fingerprint density at radius 1 is 0.793 bits per heavy atom. The molecule has 0 saturated carbocycles. The maximum Gasteiger partial charge on any atom is 0.343 e. The summed E-state index contributed by atoms with van der Waals surface area (Å²) < 4.78 is 5.68. The molecule has 1 aliphatic heterocycles. The van der Waals surface area contributed by atoms with Crippen molar-refractivity contribution < 1.29 is 4.42 Å². The van der Waals surface area contributed by atoms with Gasteiger partial charge in [-0.2, -0.15) is 0 Å². The Balaban J connectivity index is 1.80. The van der Waals surface area contributed by atoms with Gasteiger partial charge in [0, 0.05) is 16.8 Å². The number of para-hydroxylation sites is 3. The molecule has 4 heteroatoms. The third kappa shape index (κ3) is 2.88. The molecule has 144 valence electrons. The van der Waals surface area contributed by atoms with E-state index in [2.05, 4.69) is 54.0 Å². The molecule has 0 aliphatic carbocycles. The minimum atomic E-state index is -0.268. The molecule has 1 aromatic heterocycles. The second kappa shape index (κ2) is 6.82. The van der Waals surface area contributed by atoms with Crippen molar-refractivity contribution in [1.29, 1.82) is 0 Å². The van der Waals surface area contributed by atoms with Gasteiger partial charge in [-0.05, 0) is 49.2 Å². The molecule has 5 rings (SSSR count). The molecule has 0 atom stereocenters. The highest BCUT2D eigenvalue weighted by molar-refractivity contribution is 5.95. The minimum Gasteiger partial charge on any atom is -0.422 e. The van der Waals surface area contributed by atoms with E-state index < -0.39 is 0 Å². The van der Waals surface area contributed by atoms with Crippen molar-refractivity contribution >= 4 is 28.0 Å². The van der Waals surface area contributed by atoms with E-state index in [1.54, 1.807) is 0 Å². The van der Waals surface area contributed by atoms with Crippen molar-refractivity contribution in [3.63, 3.8) is 0 Å². The van der Waals surface area contributed by atoms with Gasteiger partial charge < -0.3 is 14.2 Å². The lowest BCUT2D eigenvalue weighted by Crippen LogP contribution is -2.42. The highest BCUT2D eigenvalue weighted by Gasteiger charge is 2.30. The van der Waals surface area contributed by atoms with E-state index >= 15 is 0 Å². The monoisotopic (exact) mass is 382 g/mol. The highest BCUT2D eigenvalue weighted by atomic mass is 16.4. The summed E-state index contributed by atoms with van der Waals surface area (Å²) in [7, 11) is 0. The quantitative estimate of drug-likeness (QED) is 0.427. The topological polar surface area (TPSA) is 36.7 Å². The maximum absolute atomic E-state index is 13.0. The predicted octanol–water partition coefficient (Wildman–Crippen LogP) is 5.53. The number of aryl methyl sites for hydroxylation is 2. The summed E-state index contributed by atoms with van der Waals surface area (Å²) in [6, 6.07) is 24.3. The summed E-state index contributed by atoms with van der Waals surface area (Å²) >= 11 is 0. The van der Waals surface area contributed by atoms with Crippen molar-refractivity contribution in [3.8, 4) is 0 Å². The van der Waals surface area contributed by atoms with E-state index in [4.69, 9.17) is 4.42 Å². The van der Waals surface area contributed by atoms with Crippen LogP contribution in [0, 0.1) is 13.8 Å². The number of nitrogens with zero attached hydrogens (tertiary/aromatic N) is 2. The van der Waals surface area contributed by atoms with E-state index in [0.717, 1.165) is 22.4 Å². The lowest BCUT2D eigenvalue weighted by atomic mass is 10.0. The van der Waals surface area contributed by atoms with E-state index in [0.29, 0.717) is 24.4 Å². The minimum absolute atomic E-state index is 0.268. The van der Waals surface area contributed by atoms with Crippen LogP contribution in [0.1, 0.15) is 16.7 Å². The Labute approximate surface area is 169 Å². The molecule has 0 fully saturated rings. The highest BCUT2D eigenvalue weighted by Crippen LogP contribution is 2.41. The van der Waals surface area contributed by atoms with Gasteiger partial charge in [-0.3, -0.25) is 0 Å². The van der Waals surface area contributed by atoms with Crippen molar-refractivity contribution in [3.05, 3.63) is 99.9 Å². The van der Waals surface area contributed by atoms with Gasteiger partial charge in [0.15, 0.2) is 0 Å². The number of rotatable bonds is 2. The molecule has 3 aromatic carbocycles. The number of hydrogen-bond acceptors (Lipinski definition) is 4. The third-order valence-electron chi connectivity index (χ3n) is 5.64. The molecular formula is C25H22N2O2. The number of benzene rings is 3. The SMILES string of the molecule is Cc1cccc(C)c1N1CN(c2ccccc2)Cc2c1c1ccccc1oc2=O. The van der Waals surface area contributed by atoms with Crippen LogP contribution in [-0.2, 0) is 6.54 Å². The van der Waals surface area contributed by atoms with Gasteiger partial charge in [0.1, 0.15) is 5.58 Å². The molecule has 4 aromatic rings. The summed E-state index contributed by atoms with van der Waals surface area (Å²) in [6.07, 6.45) is 0. The molecule has 0 bridgehead atoms. The molecule has 1 aliphatic rings. The van der Waals surface area contributed by atoms with Crippen LogP contribution in [0.15, 0.2) is 82.0 Å². The second-order valence-corrected chi connectivity index (χ2v) is 7.56. The van der Waals surface area contributed by atoms with Crippen molar-refractivity contribution in [2.24, 2.45) is 0 Å². The van der Waals surface area contributed by atoms with Crippen LogP contribution in [0.3, 0.4) is 0 Å². The average Bonchev–Trinajstić information content (AvgIpc) is 2.74. The molecule has 29 heavy (non-hydrogen) atoms. The van der Waals surface area contributed by atoms with Crippen LogP contribution >= 0.6 is 0 Å². The van der Waals surface area contributed by atoms with Gasteiger partial charge in [-0.1, -0.05) is 48.5 Å². The second-order valence-electron chi connectivity index (χ2n) is 7.56. The molecule has 0 unspecified atom stereocenters. The van der Waals surface area contributed by atoms with Crippen molar-refractivity contribution in [1.82, 2.24) is 0 Å². The van der Waals surface area contributed by atoms with Crippen LogP contribution in [0.5, 0.6) is 0 Å². The zero-order valence-corrected chi connectivity index (χ0v) is 16.6. The van der Waals surface area contributed by atoms with E-state index in [9.17, 15) is 4.79 Å². The first-order valence-corrected chi connectivity index (χ1v) is 9.82. The van der Waals surface area contributed by atoms with Gasteiger partial charge in [0.05, 0.1) is 24.5 Å². The summed E-state index contributed by atoms with van der Waals surface area (Å²) in [6.45, 7) is 5.43. The molecule has 0 amide bonds. The number of anilines is 3. The fourth-order valence-corrected chi connectivity index (χ4v) is 4.33. The smallest absolute Gasteiger partial charge is 0.343 e. The summed E-state index contributed by atoms with van der Waals surface area (Å²) in [5, 5.41) is 0.970. The van der Waals surface area contributed by atoms with E-state index in [-0.39, 0.29) is 5.63 Å². The van der Waals surface area contributed by atoms with Gasteiger partial charge in [-0.15, -0.1) is 0 Å². The Bertz CT molecular complexity index is 1240. The fraction of sp³-hybridized carbons (Fsp3) is 0.160.